The largest absolute Gasteiger partial charge is 0.315 e. The molecular formula is C5H11NOS. The van der Waals surface area contributed by atoms with Crippen molar-refractivity contribution in [3.8, 4) is 0 Å². The summed E-state index contributed by atoms with van der Waals surface area (Å²) in [6, 6.07) is 0. The normalized spacial score (nSPS) is 39.6. The predicted molar refractivity (Wildman–Crippen MR) is 35.3 cm³/mol. The second-order valence-corrected chi connectivity index (χ2v) is 4.07. The minimum atomic E-state index is -0.547. The molecule has 1 heterocycles. The molecule has 8 heavy (non-hydrogen) atoms. The van der Waals surface area contributed by atoms with Crippen LogP contribution in [0.25, 0.3) is 0 Å². The Labute approximate surface area is 52.1 Å². The molecule has 0 aromatic heterocycles. The van der Waals surface area contributed by atoms with Crippen LogP contribution in [-0.4, -0.2) is 28.3 Å². The lowest BCUT2D eigenvalue weighted by Crippen LogP contribution is -2.38. The van der Waals surface area contributed by atoms with Crippen molar-refractivity contribution in [1.82, 2.24) is 5.32 Å². The molecular weight excluding hydrogens is 122 g/mol. The molecule has 1 fully saturated rings. The van der Waals surface area contributed by atoms with Crippen LogP contribution in [0.1, 0.15) is 6.92 Å². The molecule has 0 radical (unpaired) electrons. The van der Waals surface area contributed by atoms with E-state index in [2.05, 4.69) is 5.32 Å². The van der Waals surface area contributed by atoms with Gasteiger partial charge in [0.05, 0.1) is 0 Å². The van der Waals surface area contributed by atoms with Crippen LogP contribution >= 0.6 is 0 Å². The highest BCUT2D eigenvalue weighted by molar-refractivity contribution is 7.85. The Morgan fingerprint density at radius 2 is 2.50 bits per heavy atom. The molecule has 0 unspecified atom stereocenters. The van der Waals surface area contributed by atoms with Gasteiger partial charge in [-0.25, -0.2) is 0 Å². The van der Waals surface area contributed by atoms with Crippen LogP contribution in [-0.2, 0) is 10.8 Å². The van der Waals surface area contributed by atoms with Crippen molar-refractivity contribution < 1.29 is 4.21 Å². The van der Waals surface area contributed by atoms with E-state index in [1.807, 2.05) is 6.92 Å². The molecule has 0 amide bonds. The zero-order valence-corrected chi connectivity index (χ0v) is 5.83. The Bertz CT molecular complexity index is 105. The molecule has 3 heteroatoms. The van der Waals surface area contributed by atoms with Crippen molar-refractivity contribution in [3.05, 3.63) is 0 Å². The fourth-order valence-corrected chi connectivity index (χ4v) is 1.82. The summed E-state index contributed by atoms with van der Waals surface area (Å²) in [5, 5.41) is 3.54. The lowest BCUT2D eigenvalue weighted by molar-refractivity contribution is 0.628. The Morgan fingerprint density at radius 3 is 2.88 bits per heavy atom. The minimum Gasteiger partial charge on any atom is -0.315 e. The lowest BCUT2D eigenvalue weighted by Gasteiger charge is -2.17. The van der Waals surface area contributed by atoms with Crippen molar-refractivity contribution in [3.63, 3.8) is 0 Å². The van der Waals surface area contributed by atoms with Gasteiger partial charge in [0.15, 0.2) is 0 Å². The van der Waals surface area contributed by atoms with Crippen LogP contribution in [0.15, 0.2) is 0 Å². The van der Waals surface area contributed by atoms with Gasteiger partial charge in [0.25, 0.3) is 0 Å². The molecule has 0 bridgehead atoms. The first-order chi connectivity index (χ1) is 3.80. The average molecular weight is 133 g/mol. The molecule has 1 saturated heterocycles. The Kier molecular flexibility index (Phi) is 2.02. The van der Waals surface area contributed by atoms with Crippen molar-refractivity contribution in [2.45, 2.75) is 12.2 Å². The molecule has 1 rings (SSSR count). The molecule has 1 N–H and O–H groups in total. The lowest BCUT2D eigenvalue weighted by atomic mass is 10.4. The minimum absolute atomic E-state index is 0.365. The molecule has 0 saturated carbocycles. The van der Waals surface area contributed by atoms with Crippen molar-refractivity contribution in [2.24, 2.45) is 0 Å². The third-order valence-electron chi connectivity index (χ3n) is 1.36. The third-order valence-corrected chi connectivity index (χ3v) is 3.03. The Morgan fingerprint density at radius 1 is 1.75 bits per heavy atom. The summed E-state index contributed by atoms with van der Waals surface area (Å²) in [5.41, 5.74) is 0. The van der Waals surface area contributed by atoms with Gasteiger partial charge in [-0.3, -0.25) is 4.21 Å². The van der Waals surface area contributed by atoms with Crippen molar-refractivity contribution >= 4 is 10.8 Å². The maximum absolute atomic E-state index is 10.9. The number of rotatable bonds is 0. The van der Waals surface area contributed by atoms with E-state index in [-0.39, 0.29) is 0 Å². The van der Waals surface area contributed by atoms with Gasteiger partial charge in [-0.05, 0) is 6.92 Å². The van der Waals surface area contributed by atoms with E-state index >= 15 is 0 Å². The summed E-state index contributed by atoms with van der Waals surface area (Å²) in [7, 11) is -0.547. The van der Waals surface area contributed by atoms with Gasteiger partial charge in [-0.2, -0.15) is 0 Å². The van der Waals surface area contributed by atoms with E-state index in [0.29, 0.717) is 5.25 Å². The molecule has 1 aliphatic rings. The monoisotopic (exact) mass is 133 g/mol. The molecule has 0 aliphatic carbocycles. The van der Waals surface area contributed by atoms with Crippen LogP contribution < -0.4 is 5.32 Å². The first-order valence-corrected chi connectivity index (χ1v) is 4.27. The molecule has 2 atom stereocenters. The summed E-state index contributed by atoms with van der Waals surface area (Å²) in [6.45, 7) is 3.87. The molecule has 48 valence electrons. The van der Waals surface area contributed by atoms with Gasteiger partial charge in [-0.15, -0.1) is 0 Å². The SMILES string of the molecule is C[C@@H]1CNCC[S@@]1=O. The molecule has 0 aromatic carbocycles. The first kappa shape index (κ1) is 6.23. The van der Waals surface area contributed by atoms with Gasteiger partial charge in [0, 0.05) is 34.9 Å². The molecule has 0 spiro atoms. The van der Waals surface area contributed by atoms with Gasteiger partial charge in [-0.1, -0.05) is 0 Å². The molecule has 2 nitrogen and oxygen atoms in total. The van der Waals surface area contributed by atoms with E-state index in [1.165, 1.54) is 0 Å². The highest BCUT2D eigenvalue weighted by Crippen LogP contribution is 1.97. The van der Waals surface area contributed by atoms with Crippen LogP contribution in [0, 0.1) is 0 Å². The highest BCUT2D eigenvalue weighted by Gasteiger charge is 2.13. The maximum Gasteiger partial charge on any atom is 0.0444 e. The quantitative estimate of drug-likeness (QED) is 0.493. The van der Waals surface area contributed by atoms with Crippen molar-refractivity contribution in [1.29, 1.82) is 0 Å². The maximum atomic E-state index is 10.9. The van der Waals surface area contributed by atoms with E-state index in [0.717, 1.165) is 18.8 Å². The zero-order chi connectivity index (χ0) is 5.98. The molecule has 1 aliphatic heterocycles. The van der Waals surface area contributed by atoms with Gasteiger partial charge < -0.3 is 5.32 Å². The Balaban J connectivity index is 2.39. The summed E-state index contributed by atoms with van der Waals surface area (Å²) in [5.74, 6) is 0.834. The van der Waals surface area contributed by atoms with Crippen LogP contribution in [0.2, 0.25) is 0 Å². The van der Waals surface area contributed by atoms with Crippen LogP contribution in [0.3, 0.4) is 0 Å². The van der Waals surface area contributed by atoms with E-state index in [4.69, 9.17) is 0 Å². The predicted octanol–water partition coefficient (Wildman–Crippen LogP) is -0.273. The fraction of sp³-hybridized carbons (Fsp3) is 1.00. The first-order valence-electron chi connectivity index (χ1n) is 2.88. The summed E-state index contributed by atoms with van der Waals surface area (Å²) >= 11 is 0. The summed E-state index contributed by atoms with van der Waals surface area (Å²) in [4.78, 5) is 0. The van der Waals surface area contributed by atoms with E-state index in [1.54, 1.807) is 0 Å². The third kappa shape index (κ3) is 1.29. The molecule has 0 aromatic rings. The topological polar surface area (TPSA) is 29.1 Å². The summed E-state index contributed by atoms with van der Waals surface area (Å²) < 4.78 is 10.9. The van der Waals surface area contributed by atoms with Gasteiger partial charge in [0.1, 0.15) is 0 Å². The van der Waals surface area contributed by atoms with Gasteiger partial charge in [0.2, 0.25) is 0 Å². The smallest absolute Gasteiger partial charge is 0.0444 e. The van der Waals surface area contributed by atoms with Crippen molar-refractivity contribution in [2.75, 3.05) is 18.8 Å². The fourth-order valence-electron chi connectivity index (χ4n) is 0.772. The Hall–Kier alpha value is 0.110. The number of hydrogen-bond donors (Lipinski definition) is 1. The van der Waals surface area contributed by atoms with Crippen LogP contribution in [0.4, 0.5) is 0 Å². The summed E-state index contributed by atoms with van der Waals surface area (Å²) in [6.07, 6.45) is 0. The average Bonchev–Trinajstić information content (AvgIpc) is 1.77. The van der Waals surface area contributed by atoms with Crippen LogP contribution in [0.5, 0.6) is 0 Å². The van der Waals surface area contributed by atoms with E-state index < -0.39 is 10.8 Å². The zero-order valence-electron chi connectivity index (χ0n) is 5.02. The highest BCUT2D eigenvalue weighted by atomic mass is 32.2. The number of hydrogen-bond acceptors (Lipinski definition) is 2. The van der Waals surface area contributed by atoms with E-state index in [9.17, 15) is 4.21 Å². The number of nitrogens with one attached hydrogen (secondary N) is 1. The second-order valence-electron chi connectivity index (χ2n) is 2.10. The standard InChI is InChI=1S/C5H11NOS/c1-5-4-6-2-3-8(5)7/h5-6H,2-4H2,1H3/t5-,8+/m1/s1. The second kappa shape index (κ2) is 2.60. The van der Waals surface area contributed by atoms with Gasteiger partial charge >= 0.3 is 0 Å².